The van der Waals surface area contributed by atoms with Gasteiger partial charge in [0, 0.05) is 6.04 Å². The number of hydrogen-bond donors (Lipinski definition) is 1. The van der Waals surface area contributed by atoms with Gasteiger partial charge in [-0.25, -0.2) is 4.68 Å². The average molecular weight is 302 g/mol. The van der Waals surface area contributed by atoms with Crippen molar-refractivity contribution in [3.8, 4) is 6.07 Å². The Morgan fingerprint density at radius 3 is 2.73 bits per heavy atom. The summed E-state index contributed by atoms with van der Waals surface area (Å²) in [7, 11) is 0. The van der Waals surface area contributed by atoms with Gasteiger partial charge in [0.05, 0.1) is 5.69 Å². The third-order valence-electron chi connectivity index (χ3n) is 4.50. The molecule has 1 aromatic rings. The van der Waals surface area contributed by atoms with Crippen LogP contribution in [0.25, 0.3) is 0 Å². The van der Waals surface area contributed by atoms with Crippen molar-refractivity contribution in [2.24, 2.45) is 5.92 Å². The minimum atomic E-state index is -0.502. The summed E-state index contributed by atoms with van der Waals surface area (Å²) in [4.78, 5) is 24.3. The molecule has 2 atom stereocenters. The maximum absolute atomic E-state index is 12.2. The fourth-order valence-corrected chi connectivity index (χ4v) is 2.93. The second kappa shape index (κ2) is 6.73. The van der Waals surface area contributed by atoms with Crippen LogP contribution in [0.2, 0.25) is 0 Å². The summed E-state index contributed by atoms with van der Waals surface area (Å²) < 4.78 is 1.09. The Hall–Kier alpha value is -2.16. The van der Waals surface area contributed by atoms with Gasteiger partial charge >= 0.3 is 0 Å². The van der Waals surface area contributed by atoms with E-state index in [1.54, 1.807) is 13.8 Å². The van der Waals surface area contributed by atoms with Crippen LogP contribution in [0.5, 0.6) is 0 Å². The van der Waals surface area contributed by atoms with E-state index in [4.69, 9.17) is 5.26 Å². The van der Waals surface area contributed by atoms with Crippen molar-refractivity contribution in [2.75, 3.05) is 0 Å². The Labute approximate surface area is 130 Å². The lowest BCUT2D eigenvalue weighted by Crippen LogP contribution is -2.44. The summed E-state index contributed by atoms with van der Waals surface area (Å²) in [6, 6.07) is 2.07. The summed E-state index contributed by atoms with van der Waals surface area (Å²) in [5.74, 6) is 0.234. The molecule has 118 valence electrons. The first-order chi connectivity index (χ1) is 10.4. The second-order valence-corrected chi connectivity index (χ2v) is 6.10. The molecule has 6 heteroatoms. The van der Waals surface area contributed by atoms with Gasteiger partial charge in [0.2, 0.25) is 5.91 Å². The molecule has 6 nitrogen and oxygen atoms in total. The van der Waals surface area contributed by atoms with Crippen LogP contribution in [0.15, 0.2) is 4.79 Å². The van der Waals surface area contributed by atoms with Crippen molar-refractivity contribution in [3.63, 3.8) is 0 Å². The van der Waals surface area contributed by atoms with E-state index in [-0.39, 0.29) is 24.1 Å². The van der Waals surface area contributed by atoms with Gasteiger partial charge in [-0.15, -0.1) is 0 Å². The molecule has 0 saturated heterocycles. The van der Waals surface area contributed by atoms with E-state index < -0.39 is 5.56 Å². The minimum Gasteiger partial charge on any atom is -0.351 e. The molecule has 0 unspecified atom stereocenters. The van der Waals surface area contributed by atoms with Crippen LogP contribution >= 0.6 is 0 Å². The highest BCUT2D eigenvalue weighted by Gasteiger charge is 2.23. The molecule has 0 bridgehead atoms. The number of aryl methyl sites for hydroxylation is 1. The van der Waals surface area contributed by atoms with Crippen molar-refractivity contribution in [2.45, 2.75) is 59.0 Å². The zero-order chi connectivity index (χ0) is 16.3. The first-order valence-corrected chi connectivity index (χ1v) is 7.71. The van der Waals surface area contributed by atoms with Crippen LogP contribution in [0.4, 0.5) is 0 Å². The number of nitriles is 1. The number of carbonyl (C=O) groups excluding carboxylic acids is 1. The highest BCUT2D eigenvalue weighted by atomic mass is 16.2. The van der Waals surface area contributed by atoms with Crippen LogP contribution < -0.4 is 10.9 Å². The molecule has 1 aliphatic carbocycles. The van der Waals surface area contributed by atoms with E-state index in [0.717, 1.165) is 23.9 Å². The average Bonchev–Trinajstić information content (AvgIpc) is 2.48. The summed E-state index contributed by atoms with van der Waals surface area (Å²) in [5, 5.41) is 16.2. The number of nitrogens with one attached hydrogen (secondary N) is 1. The first kappa shape index (κ1) is 16.2. The highest BCUT2D eigenvalue weighted by molar-refractivity contribution is 5.76. The molecule has 0 aromatic carbocycles. The molecule has 0 spiro atoms. The van der Waals surface area contributed by atoms with Crippen molar-refractivity contribution in [1.82, 2.24) is 15.1 Å². The van der Waals surface area contributed by atoms with Crippen LogP contribution in [-0.2, 0) is 11.3 Å². The van der Waals surface area contributed by atoms with Gasteiger partial charge in [-0.3, -0.25) is 9.59 Å². The smallest absolute Gasteiger partial charge is 0.285 e. The predicted molar refractivity (Wildman–Crippen MR) is 82.2 cm³/mol. The lowest BCUT2D eigenvalue weighted by Gasteiger charge is -2.29. The molecule has 1 aromatic heterocycles. The molecule has 22 heavy (non-hydrogen) atoms. The summed E-state index contributed by atoms with van der Waals surface area (Å²) in [6.45, 7) is 5.42. The van der Waals surface area contributed by atoms with E-state index in [0.29, 0.717) is 17.2 Å². The standard InChI is InChI=1S/C16H22N4O2/c1-10-6-4-5-7-14(10)18-15(21)9-20-16(22)13(8-17)11(2)12(3)19-20/h10,14H,4-7,9H2,1-3H3,(H,18,21)/t10-,14+/m1/s1. The van der Waals surface area contributed by atoms with Gasteiger partial charge in [0.25, 0.3) is 5.56 Å². The van der Waals surface area contributed by atoms with E-state index >= 15 is 0 Å². The van der Waals surface area contributed by atoms with Crippen LogP contribution in [-0.4, -0.2) is 21.7 Å². The zero-order valence-electron chi connectivity index (χ0n) is 13.3. The lowest BCUT2D eigenvalue weighted by atomic mass is 9.86. The maximum atomic E-state index is 12.2. The fraction of sp³-hybridized carbons (Fsp3) is 0.625. The number of rotatable bonds is 3. The largest absolute Gasteiger partial charge is 0.351 e. The molecule has 1 aliphatic rings. The zero-order valence-corrected chi connectivity index (χ0v) is 13.3. The molecular formula is C16H22N4O2. The number of carbonyl (C=O) groups is 1. The Bertz CT molecular complexity index is 672. The maximum Gasteiger partial charge on any atom is 0.285 e. The number of nitrogens with zero attached hydrogens (tertiary/aromatic N) is 3. The van der Waals surface area contributed by atoms with Gasteiger partial charge < -0.3 is 5.32 Å². The summed E-state index contributed by atoms with van der Waals surface area (Å²) in [6.07, 6.45) is 4.42. The summed E-state index contributed by atoms with van der Waals surface area (Å²) in [5.41, 5.74) is 0.726. The normalized spacial score (nSPS) is 21.2. The number of hydrogen-bond acceptors (Lipinski definition) is 4. The van der Waals surface area contributed by atoms with Gasteiger partial charge in [-0.2, -0.15) is 10.4 Å². The lowest BCUT2D eigenvalue weighted by molar-refractivity contribution is -0.123. The van der Waals surface area contributed by atoms with Crippen molar-refractivity contribution >= 4 is 5.91 Å². The van der Waals surface area contributed by atoms with Gasteiger partial charge in [-0.05, 0) is 38.2 Å². The van der Waals surface area contributed by atoms with E-state index in [2.05, 4.69) is 17.3 Å². The van der Waals surface area contributed by atoms with E-state index in [9.17, 15) is 9.59 Å². The van der Waals surface area contributed by atoms with Crippen LogP contribution in [0.1, 0.15) is 49.4 Å². The SMILES string of the molecule is Cc1nn(CC(=O)N[C@H]2CCCC[C@H]2C)c(=O)c(C#N)c1C. The molecule has 1 amide bonds. The van der Waals surface area contributed by atoms with Crippen LogP contribution in [0.3, 0.4) is 0 Å². The quantitative estimate of drug-likeness (QED) is 0.914. The molecule has 1 heterocycles. The second-order valence-electron chi connectivity index (χ2n) is 6.10. The first-order valence-electron chi connectivity index (χ1n) is 7.71. The van der Waals surface area contributed by atoms with Gasteiger partial charge in [0.1, 0.15) is 18.2 Å². The minimum absolute atomic E-state index is 0.0614. The van der Waals surface area contributed by atoms with Crippen molar-refractivity contribution in [3.05, 3.63) is 27.2 Å². The molecule has 0 radical (unpaired) electrons. The van der Waals surface area contributed by atoms with Crippen LogP contribution in [0, 0.1) is 31.1 Å². The molecular weight excluding hydrogens is 280 g/mol. The third-order valence-corrected chi connectivity index (χ3v) is 4.50. The molecule has 0 aliphatic heterocycles. The molecule has 2 rings (SSSR count). The Morgan fingerprint density at radius 2 is 2.09 bits per heavy atom. The van der Waals surface area contributed by atoms with Crippen molar-refractivity contribution < 1.29 is 4.79 Å². The monoisotopic (exact) mass is 302 g/mol. The Kier molecular flexibility index (Phi) is 4.96. The predicted octanol–water partition coefficient (Wildman–Crippen LogP) is 1.43. The van der Waals surface area contributed by atoms with Gasteiger partial charge in [-0.1, -0.05) is 19.8 Å². The van der Waals surface area contributed by atoms with Gasteiger partial charge in [0.15, 0.2) is 0 Å². The Balaban J connectivity index is 2.14. The number of aromatic nitrogens is 2. The van der Waals surface area contributed by atoms with Crippen molar-refractivity contribution in [1.29, 1.82) is 5.26 Å². The Morgan fingerprint density at radius 1 is 1.41 bits per heavy atom. The molecule has 1 fully saturated rings. The molecule has 1 N–H and O–H groups in total. The topological polar surface area (TPSA) is 87.8 Å². The highest BCUT2D eigenvalue weighted by Crippen LogP contribution is 2.23. The van der Waals surface area contributed by atoms with E-state index in [1.807, 2.05) is 6.07 Å². The van der Waals surface area contributed by atoms with E-state index in [1.165, 1.54) is 6.42 Å². The number of amides is 1. The molecule has 1 saturated carbocycles. The third kappa shape index (κ3) is 3.35. The summed E-state index contributed by atoms with van der Waals surface area (Å²) >= 11 is 0. The fourth-order valence-electron chi connectivity index (χ4n) is 2.93.